The fourth-order valence-electron chi connectivity index (χ4n) is 4.24. The van der Waals surface area contributed by atoms with Crippen molar-refractivity contribution >= 4 is 28.5 Å². The third-order valence-electron chi connectivity index (χ3n) is 5.29. The average molecular weight is 353 g/mol. The summed E-state index contributed by atoms with van der Waals surface area (Å²) in [5, 5.41) is 0.448. The molecule has 1 saturated heterocycles. The van der Waals surface area contributed by atoms with Gasteiger partial charge in [-0.2, -0.15) is 0 Å². The summed E-state index contributed by atoms with van der Waals surface area (Å²) in [6.45, 7) is 2.43. The minimum atomic E-state index is 0.101. The lowest BCUT2D eigenvalue weighted by molar-refractivity contribution is 0.280. The Hall–Kier alpha value is -2.40. The largest absolute Gasteiger partial charge is 0.353 e. The quantitative estimate of drug-likeness (QED) is 0.675. The molecule has 5 nitrogen and oxygen atoms in total. The molecule has 1 fully saturated rings. The summed E-state index contributed by atoms with van der Waals surface area (Å²) in [4.78, 5) is 23.7. The van der Waals surface area contributed by atoms with E-state index in [1.807, 2.05) is 34.9 Å². The molecular formula is C19H17ClN4O. The van der Waals surface area contributed by atoms with E-state index in [0.717, 1.165) is 48.6 Å². The van der Waals surface area contributed by atoms with E-state index >= 15 is 0 Å². The van der Waals surface area contributed by atoms with Crippen molar-refractivity contribution in [1.29, 1.82) is 0 Å². The second-order valence-electron chi connectivity index (χ2n) is 6.93. The molecule has 0 radical (unpaired) electrons. The van der Waals surface area contributed by atoms with Gasteiger partial charge in [0.25, 0.3) is 5.56 Å². The molecule has 0 saturated carbocycles. The summed E-state index contributed by atoms with van der Waals surface area (Å²) in [6.07, 6.45) is 1.11. The number of hydrogen-bond donors (Lipinski definition) is 0. The van der Waals surface area contributed by atoms with Gasteiger partial charge in [-0.15, -0.1) is 0 Å². The maximum Gasteiger partial charge on any atom is 0.250 e. The van der Waals surface area contributed by atoms with Gasteiger partial charge in [-0.1, -0.05) is 29.8 Å². The van der Waals surface area contributed by atoms with E-state index in [4.69, 9.17) is 16.6 Å². The number of aromatic nitrogens is 3. The minimum Gasteiger partial charge on any atom is -0.353 e. The number of pyridine rings is 1. The maximum absolute atomic E-state index is 12.2. The van der Waals surface area contributed by atoms with Crippen LogP contribution in [0.1, 0.15) is 18.0 Å². The Labute approximate surface area is 149 Å². The zero-order valence-corrected chi connectivity index (χ0v) is 14.4. The van der Waals surface area contributed by atoms with Crippen LogP contribution in [0.15, 0.2) is 47.3 Å². The molecule has 4 heterocycles. The fourth-order valence-corrected chi connectivity index (χ4v) is 4.49. The first kappa shape index (κ1) is 14.9. The number of rotatable bonds is 1. The Bertz CT molecular complexity index is 1030. The Morgan fingerprint density at radius 1 is 0.960 bits per heavy atom. The number of piperidine rings is 1. The Morgan fingerprint density at radius 3 is 2.60 bits per heavy atom. The summed E-state index contributed by atoms with van der Waals surface area (Å²) in [5.74, 6) is 1.50. The van der Waals surface area contributed by atoms with Crippen molar-refractivity contribution < 1.29 is 0 Å². The van der Waals surface area contributed by atoms with Crippen molar-refractivity contribution in [3.63, 3.8) is 0 Å². The van der Waals surface area contributed by atoms with Crippen LogP contribution in [-0.2, 0) is 6.54 Å². The topological polar surface area (TPSA) is 51.0 Å². The molecule has 0 aliphatic carbocycles. The smallest absolute Gasteiger partial charge is 0.250 e. The van der Waals surface area contributed by atoms with Crippen molar-refractivity contribution in [3.05, 3.63) is 63.7 Å². The van der Waals surface area contributed by atoms with Gasteiger partial charge >= 0.3 is 0 Å². The zero-order chi connectivity index (χ0) is 17.0. The predicted octanol–water partition coefficient (Wildman–Crippen LogP) is 3.07. The van der Waals surface area contributed by atoms with Crippen LogP contribution in [0.2, 0.25) is 5.15 Å². The third kappa shape index (κ3) is 2.42. The number of hydrogen-bond acceptors (Lipinski definition) is 4. The number of halogens is 1. The number of nitrogens with zero attached hydrogens (tertiary/aromatic N) is 4. The maximum atomic E-state index is 12.2. The molecule has 0 amide bonds. The molecule has 6 heteroatoms. The molecule has 25 heavy (non-hydrogen) atoms. The first-order chi connectivity index (χ1) is 12.2. The van der Waals surface area contributed by atoms with Crippen molar-refractivity contribution in [2.45, 2.75) is 18.9 Å². The lowest BCUT2D eigenvalue weighted by atomic mass is 9.83. The Morgan fingerprint density at radius 2 is 1.76 bits per heavy atom. The highest BCUT2D eigenvalue weighted by atomic mass is 35.5. The average Bonchev–Trinajstić information content (AvgIpc) is 2.62. The summed E-state index contributed by atoms with van der Waals surface area (Å²) in [6, 6.07) is 13.4. The van der Waals surface area contributed by atoms with E-state index in [-0.39, 0.29) is 5.56 Å². The second kappa shape index (κ2) is 5.56. The number of anilines is 1. The first-order valence-electron chi connectivity index (χ1n) is 8.56. The van der Waals surface area contributed by atoms with Gasteiger partial charge in [-0.25, -0.2) is 9.97 Å². The molecular weight excluding hydrogens is 336 g/mol. The van der Waals surface area contributed by atoms with Crippen molar-refractivity contribution in [3.8, 4) is 0 Å². The van der Waals surface area contributed by atoms with Gasteiger partial charge < -0.3 is 9.47 Å². The van der Waals surface area contributed by atoms with Crippen molar-refractivity contribution in [2.24, 2.45) is 5.92 Å². The lowest BCUT2D eigenvalue weighted by Gasteiger charge is -2.43. The van der Waals surface area contributed by atoms with E-state index in [1.54, 1.807) is 6.07 Å². The van der Waals surface area contributed by atoms with Gasteiger partial charge in [0.2, 0.25) is 0 Å². The highest BCUT2D eigenvalue weighted by Crippen LogP contribution is 2.38. The summed E-state index contributed by atoms with van der Waals surface area (Å²) in [7, 11) is 0. The molecule has 0 spiro atoms. The fraction of sp³-hybridized carbons (Fsp3) is 0.316. The van der Waals surface area contributed by atoms with Crippen LogP contribution >= 0.6 is 11.6 Å². The van der Waals surface area contributed by atoms with Crippen molar-refractivity contribution in [1.82, 2.24) is 14.5 Å². The molecule has 2 atom stereocenters. The van der Waals surface area contributed by atoms with Crippen LogP contribution in [0.4, 0.5) is 5.82 Å². The molecule has 2 aromatic heterocycles. The first-order valence-corrected chi connectivity index (χ1v) is 8.94. The predicted molar refractivity (Wildman–Crippen MR) is 98.3 cm³/mol. The highest BCUT2D eigenvalue weighted by Gasteiger charge is 2.35. The SMILES string of the molecule is O=c1cccc2n1CC1CC2CN(c2nc3ccccc3nc2Cl)C1. The van der Waals surface area contributed by atoms with Crippen LogP contribution in [-0.4, -0.2) is 27.6 Å². The van der Waals surface area contributed by atoms with Crippen LogP contribution in [0.5, 0.6) is 0 Å². The van der Waals surface area contributed by atoms with E-state index in [1.165, 1.54) is 0 Å². The van der Waals surface area contributed by atoms with E-state index in [0.29, 0.717) is 17.0 Å². The second-order valence-corrected chi connectivity index (χ2v) is 7.29. The van der Waals surface area contributed by atoms with Gasteiger partial charge in [0, 0.05) is 37.3 Å². The molecule has 0 N–H and O–H groups in total. The molecule has 2 aliphatic rings. The molecule has 5 rings (SSSR count). The molecule has 2 bridgehead atoms. The Balaban J connectivity index is 1.55. The number of benzene rings is 1. The van der Waals surface area contributed by atoms with Crippen LogP contribution in [0.3, 0.4) is 0 Å². The number of fused-ring (bicyclic) bond motifs is 5. The molecule has 3 aromatic rings. The van der Waals surface area contributed by atoms with Gasteiger partial charge in [-0.05, 0) is 30.5 Å². The van der Waals surface area contributed by atoms with Crippen molar-refractivity contribution in [2.75, 3.05) is 18.0 Å². The van der Waals surface area contributed by atoms with Gasteiger partial charge in [0.1, 0.15) is 0 Å². The molecule has 2 unspecified atom stereocenters. The summed E-state index contributed by atoms with van der Waals surface area (Å²) < 4.78 is 1.93. The molecule has 126 valence electrons. The summed E-state index contributed by atoms with van der Waals surface area (Å²) >= 11 is 6.45. The summed E-state index contributed by atoms with van der Waals surface area (Å²) in [5.41, 5.74) is 2.89. The van der Waals surface area contributed by atoms with Crippen LogP contribution < -0.4 is 10.5 Å². The van der Waals surface area contributed by atoms with Gasteiger partial charge in [-0.3, -0.25) is 4.79 Å². The van der Waals surface area contributed by atoms with E-state index in [2.05, 4.69) is 16.0 Å². The third-order valence-corrected chi connectivity index (χ3v) is 5.54. The molecule has 2 aliphatic heterocycles. The van der Waals surface area contributed by atoms with Crippen LogP contribution in [0, 0.1) is 5.92 Å². The highest BCUT2D eigenvalue weighted by molar-refractivity contribution is 6.32. The monoisotopic (exact) mass is 352 g/mol. The minimum absolute atomic E-state index is 0.101. The standard InChI is InChI=1S/C19H17ClN4O/c20-18-19(22-15-5-2-1-4-14(15)21-18)23-9-12-8-13(11-23)16-6-3-7-17(25)24(16)10-12/h1-7,12-13H,8-11H2. The van der Waals surface area contributed by atoms with E-state index in [9.17, 15) is 4.79 Å². The normalized spacial score (nSPS) is 22.0. The van der Waals surface area contributed by atoms with Gasteiger partial charge in [0.15, 0.2) is 11.0 Å². The zero-order valence-electron chi connectivity index (χ0n) is 13.6. The van der Waals surface area contributed by atoms with E-state index < -0.39 is 0 Å². The van der Waals surface area contributed by atoms with Gasteiger partial charge in [0.05, 0.1) is 11.0 Å². The molecule has 1 aromatic carbocycles. The van der Waals surface area contributed by atoms with Crippen LogP contribution in [0.25, 0.3) is 11.0 Å². The Kier molecular flexibility index (Phi) is 3.31. The lowest BCUT2D eigenvalue weighted by Crippen LogP contribution is -2.47. The number of para-hydroxylation sites is 2.